The van der Waals surface area contributed by atoms with E-state index >= 15 is 0 Å². The zero-order valence-corrected chi connectivity index (χ0v) is 5.69. The molecule has 1 fully saturated rings. The van der Waals surface area contributed by atoms with E-state index in [9.17, 15) is 0 Å². The molecule has 0 saturated carbocycles. The second-order valence-corrected chi connectivity index (χ2v) is 1.95. The molecule has 2 N–H and O–H groups in total. The van der Waals surface area contributed by atoms with Gasteiger partial charge < -0.3 is 14.9 Å². The Morgan fingerprint density at radius 1 is 1.40 bits per heavy atom. The molecule has 0 aromatic carbocycles. The molecule has 0 aliphatic carbocycles. The monoisotopic (exact) mass is 148 g/mol. The highest BCUT2D eigenvalue weighted by Gasteiger charge is 2.07. The summed E-state index contributed by atoms with van der Waals surface area (Å²) in [7, 11) is 0. The Morgan fingerprint density at radius 3 is 2.00 bits per heavy atom. The molecule has 1 rings (SSSR count). The predicted octanol–water partition coefficient (Wildman–Crippen LogP) is -0.142. The molecule has 60 valence electrons. The maximum atomic E-state index is 8.83. The fourth-order valence-electron chi connectivity index (χ4n) is 0.685. The number of ether oxygens (including phenoxy) is 1. The van der Waals surface area contributed by atoms with Gasteiger partial charge in [-0.1, -0.05) is 0 Å². The average Bonchev–Trinajstić information content (AvgIpc) is 1.91. The van der Waals surface area contributed by atoms with Crippen molar-refractivity contribution in [2.24, 2.45) is 0 Å². The van der Waals surface area contributed by atoms with Crippen LogP contribution >= 0.6 is 0 Å². The lowest BCUT2D eigenvalue weighted by molar-refractivity contribution is -0.122. The van der Waals surface area contributed by atoms with Crippen LogP contribution in [-0.4, -0.2) is 36.0 Å². The summed E-state index contributed by atoms with van der Waals surface area (Å²) in [5.41, 5.74) is 0. The highest BCUT2D eigenvalue weighted by molar-refractivity contribution is 5.32. The van der Waals surface area contributed by atoms with Gasteiger partial charge in [-0.2, -0.15) is 0 Å². The van der Waals surface area contributed by atoms with Crippen LogP contribution in [0.5, 0.6) is 0 Å². The second-order valence-electron chi connectivity index (χ2n) is 1.95. The molecule has 0 aromatic heterocycles. The van der Waals surface area contributed by atoms with Gasteiger partial charge in [-0.05, 0) is 12.8 Å². The first kappa shape index (κ1) is 9.39. The van der Waals surface area contributed by atoms with Crippen molar-refractivity contribution in [1.82, 2.24) is 0 Å². The van der Waals surface area contributed by atoms with Gasteiger partial charge in [0.1, 0.15) is 0 Å². The maximum absolute atomic E-state index is 8.83. The fourth-order valence-corrected chi connectivity index (χ4v) is 0.685. The van der Waals surface area contributed by atoms with Crippen LogP contribution in [-0.2, 0) is 9.53 Å². The smallest absolute Gasteiger partial charge is 0.290 e. The molecule has 0 radical (unpaired) electrons. The molecule has 0 atom stereocenters. The minimum Gasteiger partial charge on any atom is -0.483 e. The summed E-state index contributed by atoms with van der Waals surface area (Å²) in [6, 6.07) is 0. The highest BCUT2D eigenvalue weighted by atomic mass is 16.5. The first-order valence-electron chi connectivity index (χ1n) is 3.15. The van der Waals surface area contributed by atoms with E-state index in [0.717, 1.165) is 26.1 Å². The zero-order chi connectivity index (χ0) is 7.82. The van der Waals surface area contributed by atoms with E-state index in [1.54, 1.807) is 0 Å². The Morgan fingerprint density at radius 2 is 1.80 bits per heavy atom. The van der Waals surface area contributed by atoms with Crippen molar-refractivity contribution in [3.05, 3.63) is 0 Å². The van der Waals surface area contributed by atoms with Crippen LogP contribution in [0, 0.1) is 0 Å². The molecule has 0 amide bonds. The van der Waals surface area contributed by atoms with Crippen molar-refractivity contribution in [3.63, 3.8) is 0 Å². The van der Waals surface area contributed by atoms with Gasteiger partial charge in [-0.15, -0.1) is 0 Å². The molecule has 0 unspecified atom stereocenters. The number of aliphatic hydroxyl groups excluding tert-OH is 1. The lowest BCUT2D eigenvalue weighted by Gasteiger charge is -2.15. The summed E-state index contributed by atoms with van der Waals surface area (Å²) in [5.74, 6) is 0. The third-order valence-corrected chi connectivity index (χ3v) is 1.19. The Bertz CT molecular complexity index is 77.8. The Kier molecular flexibility index (Phi) is 6.11. The van der Waals surface area contributed by atoms with Crippen LogP contribution in [0.2, 0.25) is 0 Å². The summed E-state index contributed by atoms with van der Waals surface area (Å²) in [5, 5.41) is 15.7. The van der Waals surface area contributed by atoms with Crippen LogP contribution in [0.3, 0.4) is 0 Å². The second kappa shape index (κ2) is 6.51. The highest BCUT2D eigenvalue weighted by Crippen LogP contribution is 2.04. The maximum Gasteiger partial charge on any atom is 0.290 e. The first-order chi connectivity index (χ1) is 4.81. The van der Waals surface area contributed by atoms with Crippen LogP contribution in [0.25, 0.3) is 0 Å². The molecule has 0 aromatic rings. The van der Waals surface area contributed by atoms with Crippen LogP contribution < -0.4 is 0 Å². The number of hydrogen-bond acceptors (Lipinski definition) is 3. The van der Waals surface area contributed by atoms with Crippen LogP contribution in [0.15, 0.2) is 0 Å². The van der Waals surface area contributed by atoms with E-state index in [1.165, 1.54) is 0 Å². The lowest BCUT2D eigenvalue weighted by atomic mass is 10.2. The van der Waals surface area contributed by atoms with E-state index in [1.807, 2.05) is 0 Å². The Labute approximate surface area is 59.4 Å². The third-order valence-electron chi connectivity index (χ3n) is 1.19. The number of aliphatic hydroxyl groups is 1. The van der Waals surface area contributed by atoms with E-state index < -0.39 is 0 Å². The average molecular weight is 148 g/mol. The molecular weight excluding hydrogens is 136 g/mol. The number of hydrogen-bond donors (Lipinski definition) is 2. The van der Waals surface area contributed by atoms with Gasteiger partial charge in [0, 0.05) is 13.2 Å². The van der Waals surface area contributed by atoms with Gasteiger partial charge in [0.15, 0.2) is 0 Å². The van der Waals surface area contributed by atoms with Crippen molar-refractivity contribution >= 4 is 6.47 Å². The van der Waals surface area contributed by atoms with Gasteiger partial charge in [-0.25, -0.2) is 0 Å². The molecule has 1 saturated heterocycles. The largest absolute Gasteiger partial charge is 0.483 e. The molecule has 1 heterocycles. The lowest BCUT2D eigenvalue weighted by Crippen LogP contribution is -2.19. The van der Waals surface area contributed by atoms with E-state index in [-0.39, 0.29) is 12.6 Å². The summed E-state index contributed by atoms with van der Waals surface area (Å²) in [6.07, 6.45) is 1.55. The molecule has 0 bridgehead atoms. The first-order valence-corrected chi connectivity index (χ1v) is 3.15. The minimum atomic E-state index is -0.250. The molecule has 0 spiro atoms. The normalized spacial score (nSPS) is 18.9. The van der Waals surface area contributed by atoms with Crippen LogP contribution in [0.4, 0.5) is 0 Å². The van der Waals surface area contributed by atoms with E-state index in [4.69, 9.17) is 19.7 Å². The van der Waals surface area contributed by atoms with Gasteiger partial charge in [0.05, 0.1) is 6.10 Å². The number of carbonyl (C=O) groups is 1. The van der Waals surface area contributed by atoms with Crippen molar-refractivity contribution in [3.8, 4) is 0 Å². The van der Waals surface area contributed by atoms with Crippen molar-refractivity contribution in [1.29, 1.82) is 0 Å². The van der Waals surface area contributed by atoms with E-state index in [2.05, 4.69) is 0 Å². The summed E-state index contributed by atoms with van der Waals surface area (Å²) >= 11 is 0. The summed E-state index contributed by atoms with van der Waals surface area (Å²) in [4.78, 5) is 8.36. The van der Waals surface area contributed by atoms with Gasteiger partial charge in [0.2, 0.25) is 0 Å². The predicted molar refractivity (Wildman–Crippen MR) is 34.8 cm³/mol. The number of carboxylic acid groups (broad SMARTS) is 1. The summed E-state index contributed by atoms with van der Waals surface area (Å²) in [6.45, 7) is 1.22. The fraction of sp³-hybridized carbons (Fsp3) is 0.833. The topological polar surface area (TPSA) is 66.8 Å². The molecule has 4 nitrogen and oxygen atoms in total. The molecule has 10 heavy (non-hydrogen) atoms. The van der Waals surface area contributed by atoms with Crippen molar-refractivity contribution < 1.29 is 19.7 Å². The molecule has 1 aliphatic rings. The minimum absolute atomic E-state index is 0.0891. The third kappa shape index (κ3) is 5.53. The van der Waals surface area contributed by atoms with Gasteiger partial charge in [0.25, 0.3) is 6.47 Å². The van der Waals surface area contributed by atoms with Crippen molar-refractivity contribution in [2.45, 2.75) is 18.9 Å². The molecule has 4 heteroatoms. The molecule has 1 aliphatic heterocycles. The van der Waals surface area contributed by atoms with Crippen LogP contribution in [0.1, 0.15) is 12.8 Å². The summed E-state index contributed by atoms with van der Waals surface area (Å²) < 4.78 is 4.98. The van der Waals surface area contributed by atoms with Crippen molar-refractivity contribution in [2.75, 3.05) is 13.2 Å². The number of rotatable bonds is 0. The Hall–Kier alpha value is -0.610. The Balaban J connectivity index is 0.000000236. The standard InChI is InChI=1S/C5H10O2.CH2O2/c6-5-1-3-7-4-2-5;2-1-3/h5-6H,1-4H2;1H,(H,2,3). The van der Waals surface area contributed by atoms with Gasteiger partial charge >= 0.3 is 0 Å². The van der Waals surface area contributed by atoms with Gasteiger partial charge in [-0.3, -0.25) is 4.79 Å². The van der Waals surface area contributed by atoms with E-state index in [0.29, 0.717) is 0 Å². The molecular formula is C6H12O4. The quantitative estimate of drug-likeness (QED) is 0.469. The SMILES string of the molecule is O=CO.OC1CCOCC1. The zero-order valence-electron chi connectivity index (χ0n) is 5.69.